The molecule has 0 fully saturated rings. The number of benzene rings is 1. The third kappa shape index (κ3) is 4.91. The van der Waals surface area contributed by atoms with Gasteiger partial charge in [-0.15, -0.1) is 0 Å². The molecule has 0 bridgehead atoms. The smallest absolute Gasteiger partial charge is 0.0133 e. The standard InChI is InChI=1S/C16H27N/c1-4-6-12-15(5-2)16(17-3)13-14-10-8-7-9-11-14/h7-11,15-17H,4-6,12-13H2,1-3H3. The van der Waals surface area contributed by atoms with E-state index < -0.39 is 0 Å². The Morgan fingerprint density at radius 2 is 1.82 bits per heavy atom. The Bertz CT molecular complexity index is 281. The molecule has 0 spiro atoms. The molecular weight excluding hydrogens is 206 g/mol. The second-order valence-electron chi connectivity index (χ2n) is 4.90. The summed E-state index contributed by atoms with van der Waals surface area (Å²) < 4.78 is 0. The number of unbranched alkanes of at least 4 members (excludes halogenated alkanes) is 1. The van der Waals surface area contributed by atoms with Crippen LogP contribution in [0.2, 0.25) is 0 Å². The SMILES string of the molecule is CCCCC(CC)C(Cc1ccccc1)NC. The number of rotatable bonds is 8. The van der Waals surface area contributed by atoms with Crippen molar-refractivity contribution in [2.24, 2.45) is 5.92 Å². The van der Waals surface area contributed by atoms with Gasteiger partial charge in [-0.2, -0.15) is 0 Å². The fourth-order valence-corrected chi connectivity index (χ4v) is 2.53. The molecule has 0 aliphatic heterocycles. The van der Waals surface area contributed by atoms with E-state index in [0.717, 1.165) is 12.3 Å². The van der Waals surface area contributed by atoms with Gasteiger partial charge in [0.15, 0.2) is 0 Å². The van der Waals surface area contributed by atoms with E-state index in [-0.39, 0.29) is 0 Å². The second-order valence-corrected chi connectivity index (χ2v) is 4.90. The quantitative estimate of drug-likeness (QED) is 0.714. The van der Waals surface area contributed by atoms with Crippen molar-refractivity contribution in [3.63, 3.8) is 0 Å². The minimum Gasteiger partial charge on any atom is -0.316 e. The zero-order valence-electron chi connectivity index (χ0n) is 11.6. The van der Waals surface area contributed by atoms with Crippen molar-refractivity contribution in [2.75, 3.05) is 7.05 Å². The first-order valence-electron chi connectivity index (χ1n) is 7.03. The summed E-state index contributed by atoms with van der Waals surface area (Å²) in [7, 11) is 2.10. The van der Waals surface area contributed by atoms with Crippen LogP contribution in [0, 0.1) is 5.92 Å². The van der Waals surface area contributed by atoms with Crippen molar-refractivity contribution in [1.29, 1.82) is 0 Å². The predicted molar refractivity (Wildman–Crippen MR) is 76.3 cm³/mol. The summed E-state index contributed by atoms with van der Waals surface area (Å²) in [5.74, 6) is 0.806. The van der Waals surface area contributed by atoms with Crippen molar-refractivity contribution in [3.05, 3.63) is 35.9 Å². The van der Waals surface area contributed by atoms with Gasteiger partial charge in [-0.25, -0.2) is 0 Å². The second kappa shape index (κ2) is 8.30. The molecule has 1 rings (SSSR count). The van der Waals surface area contributed by atoms with Crippen LogP contribution in [0.4, 0.5) is 0 Å². The van der Waals surface area contributed by atoms with E-state index in [1.807, 2.05) is 0 Å². The van der Waals surface area contributed by atoms with Crippen molar-refractivity contribution >= 4 is 0 Å². The van der Waals surface area contributed by atoms with E-state index >= 15 is 0 Å². The molecule has 0 radical (unpaired) electrons. The van der Waals surface area contributed by atoms with Crippen LogP contribution in [0.1, 0.15) is 45.1 Å². The molecule has 0 amide bonds. The number of hydrogen-bond donors (Lipinski definition) is 1. The summed E-state index contributed by atoms with van der Waals surface area (Å²) in [6.45, 7) is 4.59. The molecule has 0 aromatic heterocycles. The first-order valence-corrected chi connectivity index (χ1v) is 7.03. The van der Waals surface area contributed by atoms with Gasteiger partial charge in [0, 0.05) is 6.04 Å². The van der Waals surface area contributed by atoms with E-state index in [1.54, 1.807) is 0 Å². The fourth-order valence-electron chi connectivity index (χ4n) is 2.53. The van der Waals surface area contributed by atoms with Gasteiger partial charge in [-0.1, -0.05) is 63.4 Å². The zero-order valence-corrected chi connectivity index (χ0v) is 11.6. The van der Waals surface area contributed by atoms with Crippen molar-refractivity contribution in [3.8, 4) is 0 Å². The largest absolute Gasteiger partial charge is 0.316 e. The minimum atomic E-state index is 0.619. The normalized spacial score (nSPS) is 14.5. The predicted octanol–water partition coefficient (Wildman–Crippen LogP) is 4.03. The molecular formula is C16H27N. The summed E-state index contributed by atoms with van der Waals surface area (Å²) >= 11 is 0. The van der Waals surface area contributed by atoms with Crippen molar-refractivity contribution in [1.82, 2.24) is 5.32 Å². The van der Waals surface area contributed by atoms with Gasteiger partial charge >= 0.3 is 0 Å². The Labute approximate surface area is 107 Å². The molecule has 0 aliphatic rings. The molecule has 96 valence electrons. The van der Waals surface area contributed by atoms with E-state index in [0.29, 0.717) is 6.04 Å². The van der Waals surface area contributed by atoms with E-state index in [4.69, 9.17) is 0 Å². The third-order valence-electron chi connectivity index (χ3n) is 3.69. The van der Waals surface area contributed by atoms with Gasteiger partial charge in [0.1, 0.15) is 0 Å². The van der Waals surface area contributed by atoms with E-state index in [2.05, 4.69) is 56.5 Å². The fraction of sp³-hybridized carbons (Fsp3) is 0.625. The lowest BCUT2D eigenvalue weighted by Gasteiger charge is -2.26. The molecule has 17 heavy (non-hydrogen) atoms. The highest BCUT2D eigenvalue weighted by Gasteiger charge is 2.17. The summed E-state index contributed by atoms with van der Waals surface area (Å²) in [6, 6.07) is 11.4. The van der Waals surface area contributed by atoms with E-state index in [1.165, 1.54) is 31.2 Å². The van der Waals surface area contributed by atoms with Crippen LogP contribution < -0.4 is 5.32 Å². The first kappa shape index (κ1) is 14.2. The Morgan fingerprint density at radius 3 is 2.35 bits per heavy atom. The number of nitrogens with one attached hydrogen (secondary N) is 1. The maximum absolute atomic E-state index is 3.51. The Morgan fingerprint density at radius 1 is 1.12 bits per heavy atom. The molecule has 1 N–H and O–H groups in total. The first-order chi connectivity index (χ1) is 8.31. The number of likely N-dealkylation sites (N-methyl/N-ethyl adjacent to an activating group) is 1. The average Bonchev–Trinajstić information content (AvgIpc) is 2.39. The zero-order chi connectivity index (χ0) is 12.5. The summed E-state index contributed by atoms with van der Waals surface area (Å²) in [5, 5.41) is 3.51. The average molecular weight is 233 g/mol. The van der Waals surface area contributed by atoms with Crippen LogP contribution in [0.5, 0.6) is 0 Å². The van der Waals surface area contributed by atoms with Gasteiger partial charge < -0.3 is 5.32 Å². The number of hydrogen-bond acceptors (Lipinski definition) is 1. The van der Waals surface area contributed by atoms with Crippen LogP contribution >= 0.6 is 0 Å². The van der Waals surface area contributed by atoms with E-state index in [9.17, 15) is 0 Å². The molecule has 0 heterocycles. The molecule has 0 saturated carbocycles. The Balaban J connectivity index is 2.56. The van der Waals surface area contributed by atoms with Gasteiger partial charge in [0.25, 0.3) is 0 Å². The van der Waals surface area contributed by atoms with Crippen LogP contribution in [0.25, 0.3) is 0 Å². The summed E-state index contributed by atoms with van der Waals surface area (Å²) in [4.78, 5) is 0. The van der Waals surface area contributed by atoms with Gasteiger partial charge in [0.05, 0.1) is 0 Å². The van der Waals surface area contributed by atoms with Crippen molar-refractivity contribution in [2.45, 2.75) is 52.0 Å². The summed E-state index contributed by atoms with van der Waals surface area (Å²) in [5.41, 5.74) is 1.45. The molecule has 1 aromatic carbocycles. The van der Waals surface area contributed by atoms with Gasteiger partial charge in [-0.05, 0) is 31.4 Å². The molecule has 1 nitrogen and oxygen atoms in total. The lowest BCUT2D eigenvalue weighted by atomic mass is 9.87. The third-order valence-corrected chi connectivity index (χ3v) is 3.69. The molecule has 2 atom stereocenters. The molecule has 1 aromatic rings. The van der Waals surface area contributed by atoms with Gasteiger partial charge in [-0.3, -0.25) is 0 Å². The molecule has 1 heteroatoms. The lowest BCUT2D eigenvalue weighted by molar-refractivity contribution is 0.330. The highest BCUT2D eigenvalue weighted by atomic mass is 14.9. The topological polar surface area (TPSA) is 12.0 Å². The molecule has 0 aliphatic carbocycles. The van der Waals surface area contributed by atoms with Crippen LogP contribution in [-0.2, 0) is 6.42 Å². The highest BCUT2D eigenvalue weighted by Crippen LogP contribution is 2.19. The maximum atomic E-state index is 3.51. The van der Waals surface area contributed by atoms with Crippen molar-refractivity contribution < 1.29 is 0 Å². The van der Waals surface area contributed by atoms with Crippen LogP contribution in [-0.4, -0.2) is 13.1 Å². The highest BCUT2D eigenvalue weighted by molar-refractivity contribution is 5.16. The van der Waals surface area contributed by atoms with Gasteiger partial charge in [0.2, 0.25) is 0 Å². The lowest BCUT2D eigenvalue weighted by Crippen LogP contribution is -2.35. The summed E-state index contributed by atoms with van der Waals surface area (Å²) in [6.07, 6.45) is 6.44. The molecule has 2 unspecified atom stereocenters. The molecule has 0 saturated heterocycles. The van der Waals surface area contributed by atoms with Crippen LogP contribution in [0.15, 0.2) is 30.3 Å². The minimum absolute atomic E-state index is 0.619. The van der Waals surface area contributed by atoms with Crippen LogP contribution in [0.3, 0.4) is 0 Å². The maximum Gasteiger partial charge on any atom is 0.0133 e. The monoisotopic (exact) mass is 233 g/mol. The Hall–Kier alpha value is -0.820. The Kier molecular flexibility index (Phi) is 6.95.